The smallest absolute Gasteiger partial charge is 0.192 e. The minimum absolute atomic E-state index is 0.368. The Balaban J connectivity index is 1.69. The topological polar surface area (TPSA) is 87.4 Å². The zero-order valence-electron chi connectivity index (χ0n) is 17.1. The van der Waals surface area contributed by atoms with E-state index in [1.807, 2.05) is 55.8 Å². The summed E-state index contributed by atoms with van der Waals surface area (Å²) in [6.45, 7) is 4.55. The average molecular weight is 385 g/mol. The number of hydrogen-bond acceptors (Lipinski definition) is 4. The van der Waals surface area contributed by atoms with Gasteiger partial charge in [-0.25, -0.2) is 4.99 Å². The van der Waals surface area contributed by atoms with Crippen LogP contribution in [0.1, 0.15) is 56.2 Å². The molecule has 1 heterocycles. The van der Waals surface area contributed by atoms with Gasteiger partial charge in [-0.05, 0) is 32.3 Å². The van der Waals surface area contributed by atoms with E-state index < -0.39 is 5.60 Å². The molecule has 1 aromatic heterocycles. The predicted octanol–water partition coefficient (Wildman–Crippen LogP) is 2.40. The Bertz CT molecular complexity index is 777. The van der Waals surface area contributed by atoms with E-state index in [9.17, 15) is 5.11 Å². The lowest BCUT2D eigenvalue weighted by molar-refractivity contribution is 0.0616. The van der Waals surface area contributed by atoms with Gasteiger partial charge in [0.05, 0.1) is 6.54 Å². The number of nitrogens with one attached hydrogen (secondary N) is 2. The molecule has 1 aromatic carbocycles. The van der Waals surface area contributed by atoms with E-state index in [1.165, 1.54) is 19.3 Å². The summed E-state index contributed by atoms with van der Waals surface area (Å²) in [5.41, 5.74) is -0.110. The highest BCUT2D eigenvalue weighted by Gasteiger charge is 2.24. The van der Waals surface area contributed by atoms with Gasteiger partial charge in [0, 0.05) is 13.1 Å². The summed E-state index contributed by atoms with van der Waals surface area (Å²) in [7, 11) is 1.95. The number of aryl methyl sites for hydroxylation is 1. The molecule has 1 aliphatic rings. The van der Waals surface area contributed by atoms with Crippen LogP contribution >= 0.6 is 0 Å². The Morgan fingerprint density at radius 3 is 2.57 bits per heavy atom. The van der Waals surface area contributed by atoms with Crippen LogP contribution in [0.25, 0.3) is 0 Å². The van der Waals surface area contributed by atoms with Crippen molar-refractivity contribution in [2.75, 3.05) is 6.54 Å². The van der Waals surface area contributed by atoms with Crippen LogP contribution in [0.2, 0.25) is 0 Å². The normalized spacial score (nSPS) is 17.9. The summed E-state index contributed by atoms with van der Waals surface area (Å²) in [4.78, 5) is 4.72. The fourth-order valence-corrected chi connectivity index (χ4v) is 3.49. The van der Waals surface area contributed by atoms with Crippen molar-refractivity contribution in [2.24, 2.45) is 12.0 Å². The van der Waals surface area contributed by atoms with Crippen LogP contribution in [0.3, 0.4) is 0 Å². The highest BCUT2D eigenvalue weighted by molar-refractivity contribution is 5.80. The summed E-state index contributed by atoms with van der Waals surface area (Å²) in [5, 5.41) is 26.1. The van der Waals surface area contributed by atoms with E-state index >= 15 is 0 Å². The van der Waals surface area contributed by atoms with Crippen molar-refractivity contribution in [1.29, 1.82) is 0 Å². The molecule has 2 aromatic rings. The molecule has 152 valence electrons. The third-order valence-electron chi connectivity index (χ3n) is 5.50. The lowest BCUT2D eigenvalue weighted by Crippen LogP contribution is -2.48. The second-order valence-electron chi connectivity index (χ2n) is 7.86. The predicted molar refractivity (Wildman–Crippen MR) is 111 cm³/mol. The van der Waals surface area contributed by atoms with E-state index in [0.29, 0.717) is 25.1 Å². The van der Waals surface area contributed by atoms with E-state index in [2.05, 4.69) is 20.8 Å². The van der Waals surface area contributed by atoms with Crippen molar-refractivity contribution in [1.82, 2.24) is 25.4 Å². The van der Waals surface area contributed by atoms with Gasteiger partial charge in [-0.15, -0.1) is 10.2 Å². The first kappa shape index (κ1) is 20.3. The summed E-state index contributed by atoms with van der Waals surface area (Å²) < 4.78 is 1.95. The first-order chi connectivity index (χ1) is 13.5. The maximum absolute atomic E-state index is 10.9. The number of guanidine groups is 1. The van der Waals surface area contributed by atoms with Crippen LogP contribution in [-0.4, -0.2) is 38.4 Å². The number of hydrogen-bond donors (Lipinski definition) is 3. The van der Waals surface area contributed by atoms with Crippen LogP contribution in [0.5, 0.6) is 0 Å². The second-order valence-corrected chi connectivity index (χ2v) is 7.86. The number of nitrogens with zero attached hydrogens (tertiary/aromatic N) is 4. The van der Waals surface area contributed by atoms with Crippen molar-refractivity contribution < 1.29 is 5.11 Å². The number of benzene rings is 1. The third kappa shape index (κ3) is 5.32. The Morgan fingerprint density at radius 2 is 1.93 bits per heavy atom. The molecule has 1 aliphatic carbocycles. The van der Waals surface area contributed by atoms with Gasteiger partial charge in [-0.2, -0.15) is 0 Å². The maximum atomic E-state index is 10.9. The molecule has 7 heteroatoms. The molecule has 0 bridgehead atoms. The van der Waals surface area contributed by atoms with Gasteiger partial charge in [0.1, 0.15) is 18.0 Å². The lowest BCUT2D eigenvalue weighted by atomic mass is 9.95. The fraction of sp³-hybridized carbons (Fsp3) is 0.571. The van der Waals surface area contributed by atoms with Crippen molar-refractivity contribution in [2.45, 2.75) is 64.1 Å². The van der Waals surface area contributed by atoms with Gasteiger partial charge in [-0.3, -0.25) is 0 Å². The number of aromatic nitrogens is 3. The molecule has 1 fully saturated rings. The summed E-state index contributed by atoms with van der Waals surface area (Å²) in [5.74, 6) is 2.40. The van der Waals surface area contributed by atoms with E-state index in [0.717, 1.165) is 30.1 Å². The molecule has 0 radical (unpaired) electrons. The molecular formula is C21H32N6O. The Morgan fingerprint density at radius 1 is 1.21 bits per heavy atom. The average Bonchev–Trinajstić information content (AvgIpc) is 3.03. The summed E-state index contributed by atoms with van der Waals surface area (Å²) in [6, 6.07) is 10.1. The van der Waals surface area contributed by atoms with Crippen LogP contribution < -0.4 is 10.6 Å². The highest BCUT2D eigenvalue weighted by Crippen LogP contribution is 2.20. The molecule has 1 saturated carbocycles. The first-order valence-electron chi connectivity index (χ1n) is 10.1. The Labute approximate surface area is 167 Å². The van der Waals surface area contributed by atoms with E-state index in [4.69, 9.17) is 4.99 Å². The van der Waals surface area contributed by atoms with Crippen molar-refractivity contribution >= 4 is 5.96 Å². The van der Waals surface area contributed by atoms with Gasteiger partial charge in [0.25, 0.3) is 0 Å². The monoisotopic (exact) mass is 384 g/mol. The van der Waals surface area contributed by atoms with Crippen molar-refractivity contribution in [3.8, 4) is 0 Å². The van der Waals surface area contributed by atoms with Gasteiger partial charge in [0.15, 0.2) is 11.8 Å². The van der Waals surface area contributed by atoms with Crippen LogP contribution in [0.15, 0.2) is 35.3 Å². The van der Waals surface area contributed by atoms with Gasteiger partial charge < -0.3 is 20.3 Å². The number of aliphatic hydroxyl groups is 1. The Hall–Kier alpha value is -2.41. The molecule has 0 amide bonds. The van der Waals surface area contributed by atoms with Crippen molar-refractivity contribution in [3.63, 3.8) is 0 Å². The molecule has 28 heavy (non-hydrogen) atoms. The molecular weight excluding hydrogens is 352 g/mol. The van der Waals surface area contributed by atoms with Gasteiger partial charge in [-0.1, -0.05) is 49.6 Å². The van der Waals surface area contributed by atoms with Crippen LogP contribution in [0.4, 0.5) is 0 Å². The molecule has 1 unspecified atom stereocenters. The minimum atomic E-state index is -0.988. The second kappa shape index (κ2) is 9.19. The molecule has 3 N–H and O–H groups in total. The molecule has 0 aliphatic heterocycles. The quantitative estimate of drug-likeness (QED) is 0.526. The summed E-state index contributed by atoms with van der Waals surface area (Å²) >= 11 is 0. The first-order valence-corrected chi connectivity index (χ1v) is 10.1. The zero-order valence-corrected chi connectivity index (χ0v) is 17.1. The van der Waals surface area contributed by atoms with E-state index in [1.54, 1.807) is 0 Å². The SMILES string of the molecule is Cc1nnc(CN=C(NCC(C)(O)c2ccccc2)NC2CCCCC2)n1C. The molecule has 3 rings (SSSR count). The van der Waals surface area contributed by atoms with Crippen LogP contribution in [0, 0.1) is 6.92 Å². The van der Waals surface area contributed by atoms with Crippen LogP contribution in [-0.2, 0) is 19.2 Å². The van der Waals surface area contributed by atoms with Gasteiger partial charge >= 0.3 is 0 Å². The highest BCUT2D eigenvalue weighted by atomic mass is 16.3. The number of rotatable bonds is 6. The number of aliphatic imine (C=N–C) groups is 1. The van der Waals surface area contributed by atoms with E-state index in [-0.39, 0.29) is 0 Å². The van der Waals surface area contributed by atoms with Gasteiger partial charge in [0.2, 0.25) is 0 Å². The maximum Gasteiger partial charge on any atom is 0.192 e. The lowest BCUT2D eigenvalue weighted by Gasteiger charge is -2.28. The zero-order chi connectivity index (χ0) is 20.0. The summed E-state index contributed by atoms with van der Waals surface area (Å²) in [6.07, 6.45) is 6.10. The molecule has 1 atom stereocenters. The molecule has 0 spiro atoms. The fourth-order valence-electron chi connectivity index (χ4n) is 3.49. The molecule has 0 saturated heterocycles. The Kier molecular flexibility index (Phi) is 6.67. The van der Waals surface area contributed by atoms with Crippen molar-refractivity contribution in [3.05, 3.63) is 47.5 Å². The largest absolute Gasteiger partial charge is 0.384 e. The standard InChI is InChI=1S/C21H32N6O/c1-16-25-26-19(27(16)3)14-22-20(24-18-12-8-5-9-13-18)23-15-21(2,28)17-10-6-4-7-11-17/h4,6-7,10-11,18,28H,5,8-9,12-15H2,1-3H3,(H2,22,23,24). The molecule has 7 nitrogen and oxygen atoms in total. The minimum Gasteiger partial charge on any atom is -0.384 e. The third-order valence-corrected chi connectivity index (χ3v) is 5.50.